The number of benzene rings is 3. The van der Waals surface area contributed by atoms with Crippen LogP contribution in [-0.2, 0) is 16.7 Å². The Morgan fingerprint density at radius 1 is 0.906 bits per heavy atom. The third-order valence-corrected chi connectivity index (χ3v) is 7.25. The largest absolute Gasteiger partial charge is 0.493 e. The summed E-state index contributed by atoms with van der Waals surface area (Å²) in [7, 11) is -2.40. The Morgan fingerprint density at radius 3 is 2.25 bits per heavy atom. The van der Waals surface area contributed by atoms with E-state index in [4.69, 9.17) is 8.92 Å². The molecule has 0 amide bonds. The second-order valence-electron chi connectivity index (χ2n) is 8.30. The van der Waals surface area contributed by atoms with E-state index in [1.807, 2.05) is 19.1 Å². The minimum Gasteiger partial charge on any atom is -0.493 e. The quantitative estimate of drug-likeness (QED) is 0.465. The van der Waals surface area contributed by atoms with Crippen molar-refractivity contribution in [1.82, 2.24) is 4.90 Å². The van der Waals surface area contributed by atoms with Gasteiger partial charge in [0.25, 0.3) is 0 Å². The summed E-state index contributed by atoms with van der Waals surface area (Å²) in [4.78, 5) is 2.55. The summed E-state index contributed by atoms with van der Waals surface area (Å²) in [6.07, 6.45) is 2.27. The number of aryl methyl sites for hydroxylation is 1. The summed E-state index contributed by atoms with van der Waals surface area (Å²) in [6.45, 7) is 4.76. The Kier molecular flexibility index (Phi) is 6.82. The molecule has 32 heavy (non-hydrogen) atoms. The molecule has 6 heteroatoms. The molecule has 0 unspecified atom stereocenters. The average molecular weight is 452 g/mol. The molecular formula is C26H29NO4S. The van der Waals surface area contributed by atoms with Gasteiger partial charge in [-0.05, 0) is 74.2 Å². The maximum absolute atomic E-state index is 12.6. The Labute approximate surface area is 190 Å². The van der Waals surface area contributed by atoms with Crippen molar-refractivity contribution in [2.45, 2.75) is 37.1 Å². The fraction of sp³-hybridized carbons (Fsp3) is 0.308. The monoisotopic (exact) mass is 451 g/mol. The SMILES string of the molecule is COc1cc(CN2CCC(c3ccccc3)CC2)ccc1OS(=O)(=O)c1ccc(C)cc1. The Balaban J connectivity index is 1.41. The van der Waals surface area contributed by atoms with Gasteiger partial charge in [-0.1, -0.05) is 54.1 Å². The van der Waals surface area contributed by atoms with Crippen molar-refractivity contribution in [2.75, 3.05) is 20.2 Å². The predicted octanol–water partition coefficient (Wildman–Crippen LogP) is 5.15. The number of likely N-dealkylation sites (tertiary alicyclic amines) is 1. The van der Waals surface area contributed by atoms with Crippen molar-refractivity contribution in [3.63, 3.8) is 0 Å². The van der Waals surface area contributed by atoms with E-state index in [0.29, 0.717) is 11.7 Å². The summed E-state index contributed by atoms with van der Waals surface area (Å²) in [6, 6.07) is 22.7. The third-order valence-electron chi connectivity index (χ3n) is 6.00. The third kappa shape index (κ3) is 5.31. The Hall–Kier alpha value is -2.83. The van der Waals surface area contributed by atoms with Gasteiger partial charge in [0.1, 0.15) is 4.90 Å². The predicted molar refractivity (Wildman–Crippen MR) is 126 cm³/mol. The van der Waals surface area contributed by atoms with Crippen LogP contribution in [-0.4, -0.2) is 33.5 Å². The van der Waals surface area contributed by atoms with Crippen LogP contribution < -0.4 is 8.92 Å². The molecule has 1 aliphatic rings. The van der Waals surface area contributed by atoms with Crippen LogP contribution in [0.1, 0.15) is 35.4 Å². The number of ether oxygens (including phenoxy) is 1. The van der Waals surface area contributed by atoms with E-state index in [1.165, 1.54) is 12.7 Å². The van der Waals surface area contributed by atoms with Gasteiger partial charge in [0.15, 0.2) is 11.5 Å². The first-order chi connectivity index (χ1) is 15.4. The zero-order chi connectivity index (χ0) is 22.6. The van der Waals surface area contributed by atoms with Crippen LogP contribution in [0.25, 0.3) is 0 Å². The fourth-order valence-corrected chi connectivity index (χ4v) is 5.10. The van der Waals surface area contributed by atoms with E-state index in [0.717, 1.165) is 43.6 Å². The normalized spacial score (nSPS) is 15.4. The van der Waals surface area contributed by atoms with Crippen LogP contribution in [0, 0.1) is 6.92 Å². The van der Waals surface area contributed by atoms with Crippen LogP contribution in [0.2, 0.25) is 0 Å². The highest BCUT2D eigenvalue weighted by Crippen LogP contribution is 2.33. The second-order valence-corrected chi connectivity index (χ2v) is 9.84. The summed E-state index contributed by atoms with van der Waals surface area (Å²) in [5, 5.41) is 0. The lowest BCUT2D eigenvalue weighted by Gasteiger charge is -2.32. The van der Waals surface area contributed by atoms with Gasteiger partial charge < -0.3 is 8.92 Å². The average Bonchev–Trinajstić information content (AvgIpc) is 2.81. The fourth-order valence-electron chi connectivity index (χ4n) is 4.16. The maximum atomic E-state index is 12.6. The highest BCUT2D eigenvalue weighted by Gasteiger charge is 2.22. The molecule has 1 fully saturated rings. The molecule has 1 heterocycles. The lowest BCUT2D eigenvalue weighted by atomic mass is 9.89. The first kappa shape index (κ1) is 22.4. The molecule has 1 aliphatic heterocycles. The van der Waals surface area contributed by atoms with Gasteiger partial charge >= 0.3 is 10.1 Å². The topological polar surface area (TPSA) is 55.8 Å². The number of methoxy groups -OCH3 is 1. The number of piperidine rings is 1. The van der Waals surface area contributed by atoms with Gasteiger partial charge in [0.2, 0.25) is 0 Å². The molecular weight excluding hydrogens is 422 g/mol. The molecule has 4 rings (SSSR count). The Bertz CT molecular complexity index is 1140. The molecule has 0 bridgehead atoms. The van der Waals surface area contributed by atoms with E-state index in [-0.39, 0.29) is 10.6 Å². The highest BCUT2D eigenvalue weighted by atomic mass is 32.2. The van der Waals surface area contributed by atoms with E-state index in [9.17, 15) is 8.42 Å². The van der Waals surface area contributed by atoms with Gasteiger partial charge in [0.05, 0.1) is 7.11 Å². The van der Waals surface area contributed by atoms with Crippen molar-refractivity contribution >= 4 is 10.1 Å². The van der Waals surface area contributed by atoms with Crippen LogP contribution in [0.4, 0.5) is 0 Å². The molecule has 0 N–H and O–H groups in total. The number of nitrogens with zero attached hydrogens (tertiary/aromatic N) is 1. The lowest BCUT2D eigenvalue weighted by molar-refractivity contribution is 0.204. The van der Waals surface area contributed by atoms with E-state index >= 15 is 0 Å². The maximum Gasteiger partial charge on any atom is 0.339 e. The highest BCUT2D eigenvalue weighted by molar-refractivity contribution is 7.87. The van der Waals surface area contributed by atoms with Crippen LogP contribution >= 0.6 is 0 Å². The number of rotatable bonds is 7. The smallest absolute Gasteiger partial charge is 0.339 e. The Morgan fingerprint density at radius 2 is 1.59 bits per heavy atom. The molecule has 0 radical (unpaired) electrons. The van der Waals surface area contributed by atoms with Gasteiger partial charge in [-0.15, -0.1) is 0 Å². The van der Waals surface area contributed by atoms with Crippen molar-refractivity contribution in [3.8, 4) is 11.5 Å². The molecule has 0 atom stereocenters. The van der Waals surface area contributed by atoms with Gasteiger partial charge in [0, 0.05) is 6.54 Å². The van der Waals surface area contributed by atoms with Crippen molar-refractivity contribution in [1.29, 1.82) is 0 Å². The summed E-state index contributed by atoms with van der Waals surface area (Å²) in [5.74, 6) is 1.22. The lowest BCUT2D eigenvalue weighted by Crippen LogP contribution is -2.32. The zero-order valence-corrected chi connectivity index (χ0v) is 19.3. The first-order valence-electron chi connectivity index (χ1n) is 10.9. The summed E-state index contributed by atoms with van der Waals surface area (Å²) >= 11 is 0. The summed E-state index contributed by atoms with van der Waals surface area (Å²) < 4.78 is 36.1. The number of hydrogen-bond acceptors (Lipinski definition) is 5. The first-order valence-corrected chi connectivity index (χ1v) is 12.3. The van der Waals surface area contributed by atoms with E-state index in [2.05, 4.69) is 35.2 Å². The van der Waals surface area contributed by atoms with Gasteiger partial charge in [-0.2, -0.15) is 8.42 Å². The van der Waals surface area contributed by atoms with Crippen molar-refractivity contribution in [2.24, 2.45) is 0 Å². The van der Waals surface area contributed by atoms with Crippen molar-refractivity contribution in [3.05, 3.63) is 89.5 Å². The molecule has 0 spiro atoms. The summed E-state index contributed by atoms with van der Waals surface area (Å²) in [5.41, 5.74) is 3.48. The molecule has 0 saturated carbocycles. The molecule has 168 valence electrons. The van der Waals surface area contributed by atoms with Crippen LogP contribution in [0.15, 0.2) is 77.7 Å². The van der Waals surface area contributed by atoms with Crippen molar-refractivity contribution < 1.29 is 17.3 Å². The van der Waals surface area contributed by atoms with Crippen LogP contribution in [0.3, 0.4) is 0 Å². The van der Waals surface area contributed by atoms with Crippen LogP contribution in [0.5, 0.6) is 11.5 Å². The molecule has 0 aromatic heterocycles. The zero-order valence-electron chi connectivity index (χ0n) is 18.5. The van der Waals surface area contributed by atoms with E-state index < -0.39 is 10.1 Å². The molecule has 0 aliphatic carbocycles. The molecule has 3 aromatic carbocycles. The molecule has 3 aromatic rings. The molecule has 1 saturated heterocycles. The van der Waals surface area contributed by atoms with Gasteiger partial charge in [-0.25, -0.2) is 0 Å². The second kappa shape index (κ2) is 9.76. The van der Waals surface area contributed by atoms with Gasteiger partial charge in [-0.3, -0.25) is 4.90 Å². The van der Waals surface area contributed by atoms with E-state index in [1.54, 1.807) is 30.3 Å². The number of hydrogen-bond donors (Lipinski definition) is 0. The molecule has 5 nitrogen and oxygen atoms in total. The minimum atomic E-state index is -3.93. The standard InChI is InChI=1S/C26H29NO4S/c1-20-8-11-24(12-9-20)32(28,29)31-25-13-10-21(18-26(25)30-2)19-27-16-14-23(15-17-27)22-6-4-3-5-7-22/h3-13,18,23H,14-17,19H2,1-2H3. The minimum absolute atomic E-state index is 0.121.